The number of aromatic nitrogens is 1. The molecular weight excluding hydrogens is 254 g/mol. The number of amides is 3. The van der Waals surface area contributed by atoms with E-state index in [0.29, 0.717) is 0 Å². The molecule has 5 nitrogen and oxygen atoms in total. The molecule has 0 saturated carbocycles. The van der Waals surface area contributed by atoms with Crippen LogP contribution in [0.3, 0.4) is 0 Å². The summed E-state index contributed by atoms with van der Waals surface area (Å²) >= 11 is 0. The number of rotatable bonds is 3. The molecular formula is C15H13N3O2. The number of carbonyl (C=O) groups excluding carboxylic acids is 2. The highest BCUT2D eigenvalue weighted by molar-refractivity contribution is 6.13. The molecule has 1 fully saturated rings. The molecule has 0 atom stereocenters. The van der Waals surface area contributed by atoms with Crippen molar-refractivity contribution in [3.05, 3.63) is 65.6 Å². The highest BCUT2D eigenvalue weighted by atomic mass is 16.2. The van der Waals surface area contributed by atoms with E-state index in [1.807, 2.05) is 42.5 Å². The summed E-state index contributed by atoms with van der Waals surface area (Å²) < 4.78 is 0. The van der Waals surface area contributed by atoms with Gasteiger partial charge >= 0.3 is 6.03 Å². The number of nitrogens with zero attached hydrogens (tertiary/aromatic N) is 1. The Morgan fingerprint density at radius 2 is 1.85 bits per heavy atom. The molecule has 1 aliphatic rings. The first kappa shape index (κ1) is 12.2. The van der Waals surface area contributed by atoms with Crippen LogP contribution >= 0.6 is 0 Å². The summed E-state index contributed by atoms with van der Waals surface area (Å²) in [6.45, 7) is 0.271. The van der Waals surface area contributed by atoms with Crippen LogP contribution in [-0.2, 0) is 11.3 Å². The van der Waals surface area contributed by atoms with Crippen molar-refractivity contribution in [1.82, 2.24) is 15.2 Å². The minimum Gasteiger partial charge on any atom is -0.362 e. The molecule has 1 aliphatic heterocycles. The summed E-state index contributed by atoms with van der Waals surface area (Å²) in [5.41, 5.74) is 1.97. The van der Waals surface area contributed by atoms with Gasteiger partial charge in [0.15, 0.2) is 0 Å². The van der Waals surface area contributed by atoms with E-state index in [1.165, 1.54) is 4.90 Å². The topological polar surface area (TPSA) is 65.2 Å². The second-order valence-corrected chi connectivity index (χ2v) is 4.49. The van der Waals surface area contributed by atoms with Gasteiger partial charge in [0.2, 0.25) is 0 Å². The molecule has 0 spiro atoms. The molecule has 1 aromatic carbocycles. The number of H-pyrrole nitrogens is 1. The Kier molecular flexibility index (Phi) is 3.09. The van der Waals surface area contributed by atoms with Crippen LogP contribution in [0.25, 0.3) is 6.08 Å². The van der Waals surface area contributed by atoms with Gasteiger partial charge in [-0.15, -0.1) is 0 Å². The number of nitrogens with one attached hydrogen (secondary N) is 2. The number of hydrogen-bond acceptors (Lipinski definition) is 2. The van der Waals surface area contributed by atoms with Crippen molar-refractivity contribution < 1.29 is 9.59 Å². The van der Waals surface area contributed by atoms with E-state index in [9.17, 15) is 9.59 Å². The van der Waals surface area contributed by atoms with Crippen LogP contribution in [0.5, 0.6) is 0 Å². The predicted octanol–water partition coefficient (Wildman–Crippen LogP) is 2.11. The number of hydrogen-bond donors (Lipinski definition) is 2. The lowest BCUT2D eigenvalue weighted by molar-refractivity contribution is -0.123. The van der Waals surface area contributed by atoms with Gasteiger partial charge in [-0.25, -0.2) is 4.79 Å². The van der Waals surface area contributed by atoms with Crippen molar-refractivity contribution in [2.24, 2.45) is 0 Å². The molecule has 1 saturated heterocycles. The Balaban J connectivity index is 1.81. The van der Waals surface area contributed by atoms with Crippen LogP contribution in [0, 0.1) is 0 Å². The fourth-order valence-corrected chi connectivity index (χ4v) is 2.07. The van der Waals surface area contributed by atoms with Crippen LogP contribution in [0.15, 0.2) is 54.4 Å². The molecule has 20 heavy (non-hydrogen) atoms. The van der Waals surface area contributed by atoms with Crippen LogP contribution < -0.4 is 5.32 Å². The van der Waals surface area contributed by atoms with Gasteiger partial charge in [-0.05, 0) is 23.8 Å². The summed E-state index contributed by atoms with van der Waals surface area (Å²) in [7, 11) is 0. The fourth-order valence-electron chi connectivity index (χ4n) is 2.07. The minimum atomic E-state index is -0.392. The maximum atomic E-state index is 12.2. The SMILES string of the molecule is O=C1N/C(=C/c2ccc[nH]2)C(=O)N1Cc1ccccc1. The van der Waals surface area contributed by atoms with Crippen molar-refractivity contribution >= 4 is 18.0 Å². The maximum absolute atomic E-state index is 12.2. The third kappa shape index (κ3) is 2.33. The third-order valence-electron chi connectivity index (χ3n) is 3.07. The van der Waals surface area contributed by atoms with Crippen LogP contribution in [0.2, 0.25) is 0 Å². The smallest absolute Gasteiger partial charge is 0.329 e. The summed E-state index contributed by atoms with van der Waals surface area (Å²) in [6, 6.07) is 12.7. The van der Waals surface area contributed by atoms with E-state index < -0.39 is 6.03 Å². The van der Waals surface area contributed by atoms with E-state index in [1.54, 1.807) is 12.3 Å². The summed E-state index contributed by atoms with van der Waals surface area (Å²) in [5.74, 6) is -0.312. The lowest BCUT2D eigenvalue weighted by Gasteiger charge is -2.11. The van der Waals surface area contributed by atoms with Crippen molar-refractivity contribution in [1.29, 1.82) is 0 Å². The molecule has 5 heteroatoms. The average molecular weight is 267 g/mol. The normalized spacial score (nSPS) is 16.8. The summed E-state index contributed by atoms with van der Waals surface area (Å²) in [5, 5.41) is 2.59. The van der Waals surface area contributed by atoms with E-state index >= 15 is 0 Å². The third-order valence-corrected chi connectivity index (χ3v) is 3.07. The number of urea groups is 1. The Morgan fingerprint density at radius 1 is 1.05 bits per heavy atom. The van der Waals surface area contributed by atoms with E-state index in [2.05, 4.69) is 10.3 Å². The molecule has 1 aromatic heterocycles. The Morgan fingerprint density at radius 3 is 2.55 bits per heavy atom. The van der Waals surface area contributed by atoms with Crippen LogP contribution in [0.1, 0.15) is 11.3 Å². The molecule has 0 aliphatic carbocycles. The lowest BCUT2D eigenvalue weighted by atomic mass is 10.2. The number of benzene rings is 1. The maximum Gasteiger partial charge on any atom is 0.329 e. The standard InChI is InChI=1S/C15H13N3O2/c19-14-13(9-12-7-4-8-16-12)17-15(20)18(14)10-11-5-2-1-3-6-11/h1-9,16H,10H2,(H,17,20)/b13-9+. The second kappa shape index (κ2) is 5.05. The van der Waals surface area contributed by atoms with Gasteiger partial charge in [-0.2, -0.15) is 0 Å². The highest BCUT2D eigenvalue weighted by Crippen LogP contribution is 2.16. The minimum absolute atomic E-state index is 0.271. The molecule has 3 rings (SSSR count). The van der Waals surface area contributed by atoms with Gasteiger partial charge in [-0.3, -0.25) is 9.69 Å². The quantitative estimate of drug-likeness (QED) is 0.660. The zero-order valence-corrected chi connectivity index (χ0v) is 10.7. The zero-order valence-electron chi connectivity index (χ0n) is 10.7. The van der Waals surface area contributed by atoms with Gasteiger partial charge in [-0.1, -0.05) is 30.3 Å². The highest BCUT2D eigenvalue weighted by Gasteiger charge is 2.33. The van der Waals surface area contributed by atoms with Crippen molar-refractivity contribution in [3.63, 3.8) is 0 Å². The second-order valence-electron chi connectivity index (χ2n) is 4.49. The van der Waals surface area contributed by atoms with Crippen molar-refractivity contribution in [3.8, 4) is 0 Å². The molecule has 2 aromatic rings. The number of aromatic amines is 1. The Labute approximate surface area is 115 Å². The van der Waals surface area contributed by atoms with Crippen LogP contribution in [-0.4, -0.2) is 21.8 Å². The molecule has 0 bridgehead atoms. The first-order chi connectivity index (χ1) is 9.74. The summed E-state index contributed by atoms with van der Waals surface area (Å²) in [6.07, 6.45) is 3.39. The van der Waals surface area contributed by atoms with Crippen LogP contribution in [0.4, 0.5) is 4.79 Å². The summed E-state index contributed by atoms with van der Waals surface area (Å²) in [4.78, 5) is 28.2. The van der Waals surface area contributed by atoms with Gasteiger partial charge in [0, 0.05) is 11.9 Å². The van der Waals surface area contributed by atoms with Gasteiger partial charge in [0.25, 0.3) is 5.91 Å². The Bertz CT molecular complexity index is 660. The first-order valence-electron chi connectivity index (χ1n) is 6.26. The van der Waals surface area contributed by atoms with Crippen molar-refractivity contribution in [2.75, 3.05) is 0 Å². The zero-order chi connectivity index (χ0) is 13.9. The predicted molar refractivity (Wildman–Crippen MR) is 74.3 cm³/mol. The van der Waals surface area contributed by atoms with E-state index in [-0.39, 0.29) is 18.1 Å². The molecule has 0 radical (unpaired) electrons. The largest absolute Gasteiger partial charge is 0.362 e. The molecule has 3 amide bonds. The average Bonchev–Trinajstić information content (AvgIpc) is 3.05. The van der Waals surface area contributed by atoms with Gasteiger partial charge in [0.1, 0.15) is 5.70 Å². The van der Waals surface area contributed by atoms with E-state index in [0.717, 1.165) is 11.3 Å². The first-order valence-corrected chi connectivity index (χ1v) is 6.26. The monoisotopic (exact) mass is 267 g/mol. The molecule has 100 valence electrons. The van der Waals surface area contributed by atoms with Crippen molar-refractivity contribution in [2.45, 2.75) is 6.54 Å². The fraction of sp³-hybridized carbons (Fsp3) is 0.0667. The Hall–Kier alpha value is -2.82. The number of carbonyl (C=O) groups is 2. The van der Waals surface area contributed by atoms with Gasteiger partial charge < -0.3 is 10.3 Å². The number of imide groups is 1. The van der Waals surface area contributed by atoms with E-state index in [4.69, 9.17) is 0 Å². The molecule has 2 N–H and O–H groups in total. The van der Waals surface area contributed by atoms with Gasteiger partial charge in [0.05, 0.1) is 6.54 Å². The molecule has 0 unspecified atom stereocenters. The molecule has 2 heterocycles. The lowest BCUT2D eigenvalue weighted by Crippen LogP contribution is -2.30.